The molecule has 0 fully saturated rings. The number of nitrogens with zero attached hydrogens (tertiary/aromatic N) is 1. The van der Waals surface area contributed by atoms with Gasteiger partial charge in [0.15, 0.2) is 17.6 Å². The highest BCUT2D eigenvalue weighted by atomic mass is 16.6. The molecule has 2 amide bonds. The highest BCUT2D eigenvalue weighted by Gasteiger charge is 2.24. The summed E-state index contributed by atoms with van der Waals surface area (Å²) < 4.78 is 16.8. The molecule has 0 spiro atoms. The molecule has 0 bridgehead atoms. The molecule has 3 rings (SSSR count). The number of furan rings is 1. The van der Waals surface area contributed by atoms with Crippen LogP contribution in [-0.2, 0) is 6.54 Å². The lowest BCUT2D eigenvalue weighted by atomic mass is 10.2. The van der Waals surface area contributed by atoms with Gasteiger partial charge >= 0.3 is 6.03 Å². The summed E-state index contributed by atoms with van der Waals surface area (Å²) in [7, 11) is 0. The number of hydrogen-bond acceptors (Lipinski definition) is 4. The van der Waals surface area contributed by atoms with Gasteiger partial charge in [-0.15, -0.1) is 0 Å². The number of carbonyl (C=O) groups excluding carboxylic acids is 1. The fourth-order valence-electron chi connectivity index (χ4n) is 2.44. The van der Waals surface area contributed by atoms with E-state index in [0.717, 1.165) is 17.3 Å². The van der Waals surface area contributed by atoms with E-state index in [-0.39, 0.29) is 12.1 Å². The van der Waals surface area contributed by atoms with Gasteiger partial charge in [0, 0.05) is 6.54 Å². The third-order valence-electron chi connectivity index (χ3n) is 3.65. The molecule has 1 N–H and O–H groups in total. The molecule has 2 aromatic rings. The zero-order valence-electron chi connectivity index (χ0n) is 13.0. The predicted molar refractivity (Wildman–Crippen MR) is 84.5 cm³/mol. The fourth-order valence-corrected chi connectivity index (χ4v) is 2.44. The maximum absolute atomic E-state index is 12.3. The summed E-state index contributed by atoms with van der Waals surface area (Å²) in [5.74, 6) is 2.19. The molecule has 6 heteroatoms. The van der Waals surface area contributed by atoms with Gasteiger partial charge in [0.1, 0.15) is 12.4 Å². The average Bonchev–Trinajstić information content (AvgIpc) is 3.11. The normalized spacial score (nSPS) is 16.0. The summed E-state index contributed by atoms with van der Waals surface area (Å²) in [4.78, 5) is 14.0. The van der Waals surface area contributed by atoms with E-state index in [1.165, 1.54) is 0 Å². The Hall–Kier alpha value is -2.63. The summed E-state index contributed by atoms with van der Waals surface area (Å²) in [6.07, 6.45) is 1.41. The van der Waals surface area contributed by atoms with Crippen LogP contribution >= 0.6 is 0 Å². The number of likely N-dealkylation sites (N-methyl/N-ethyl adjacent to an activating group) is 1. The van der Waals surface area contributed by atoms with Crippen molar-refractivity contribution in [2.75, 3.05) is 19.7 Å². The van der Waals surface area contributed by atoms with Crippen LogP contribution in [0.15, 0.2) is 47.1 Å². The minimum Gasteiger partial charge on any atom is -0.486 e. The maximum atomic E-state index is 12.3. The van der Waals surface area contributed by atoms with Crippen LogP contribution in [0.5, 0.6) is 11.5 Å². The Balaban J connectivity index is 1.54. The largest absolute Gasteiger partial charge is 0.486 e. The minimum atomic E-state index is -0.181. The first-order valence-corrected chi connectivity index (χ1v) is 7.70. The Bertz CT molecular complexity index is 642. The van der Waals surface area contributed by atoms with Crippen molar-refractivity contribution in [1.29, 1.82) is 0 Å². The second kappa shape index (κ2) is 7.09. The first-order valence-electron chi connectivity index (χ1n) is 7.70. The zero-order chi connectivity index (χ0) is 16.1. The van der Waals surface area contributed by atoms with Crippen molar-refractivity contribution in [2.24, 2.45) is 0 Å². The molecule has 0 radical (unpaired) electrons. The van der Waals surface area contributed by atoms with E-state index in [1.54, 1.807) is 17.2 Å². The number of ether oxygens (including phenoxy) is 2. The molecule has 23 heavy (non-hydrogen) atoms. The van der Waals surface area contributed by atoms with E-state index in [1.807, 2.05) is 37.3 Å². The molecule has 2 heterocycles. The highest BCUT2D eigenvalue weighted by molar-refractivity contribution is 5.74. The molecule has 6 nitrogen and oxygen atoms in total. The van der Waals surface area contributed by atoms with Gasteiger partial charge in [0.25, 0.3) is 0 Å². The first kappa shape index (κ1) is 15.3. The molecule has 0 aliphatic carbocycles. The van der Waals surface area contributed by atoms with Gasteiger partial charge in [-0.2, -0.15) is 0 Å². The topological polar surface area (TPSA) is 63.9 Å². The monoisotopic (exact) mass is 316 g/mol. The molecule has 122 valence electrons. The van der Waals surface area contributed by atoms with Crippen LogP contribution in [0.1, 0.15) is 12.7 Å². The van der Waals surface area contributed by atoms with E-state index >= 15 is 0 Å². The number of para-hydroxylation sites is 2. The standard InChI is InChI=1S/C17H20N2O4/c1-2-19(17(20)18-10-13-6-5-9-21-13)11-14-12-22-15-7-3-4-8-16(15)23-14/h3-9,14H,2,10-12H2,1H3,(H,18,20)/t14-/m0/s1. The van der Waals surface area contributed by atoms with E-state index in [4.69, 9.17) is 13.9 Å². The van der Waals surface area contributed by atoms with Crippen LogP contribution in [0.4, 0.5) is 4.79 Å². The van der Waals surface area contributed by atoms with Crippen molar-refractivity contribution < 1.29 is 18.7 Å². The summed E-state index contributed by atoms with van der Waals surface area (Å²) in [6, 6.07) is 11.0. The first-order chi connectivity index (χ1) is 11.3. The third-order valence-corrected chi connectivity index (χ3v) is 3.65. The summed E-state index contributed by atoms with van der Waals surface area (Å²) in [5.41, 5.74) is 0. The number of rotatable bonds is 5. The third kappa shape index (κ3) is 3.77. The quantitative estimate of drug-likeness (QED) is 0.921. The number of amides is 2. The second-order valence-corrected chi connectivity index (χ2v) is 5.27. The van der Waals surface area contributed by atoms with Crippen molar-refractivity contribution in [3.63, 3.8) is 0 Å². The molecule has 1 atom stereocenters. The number of urea groups is 1. The predicted octanol–water partition coefficient (Wildman–Crippen LogP) is 2.65. The van der Waals surface area contributed by atoms with Gasteiger partial charge in [-0.25, -0.2) is 4.79 Å². The number of carbonyl (C=O) groups is 1. The lowest BCUT2D eigenvalue weighted by molar-refractivity contribution is 0.0674. The van der Waals surface area contributed by atoms with Crippen LogP contribution in [0.2, 0.25) is 0 Å². The smallest absolute Gasteiger partial charge is 0.317 e. The second-order valence-electron chi connectivity index (χ2n) is 5.27. The SMILES string of the molecule is CCN(C[C@H]1COc2ccccc2O1)C(=O)NCc1ccco1. The maximum Gasteiger partial charge on any atom is 0.317 e. The molecule has 1 aromatic heterocycles. The van der Waals surface area contributed by atoms with Crippen LogP contribution in [0.25, 0.3) is 0 Å². The molecule has 1 aliphatic rings. The van der Waals surface area contributed by atoms with Crippen LogP contribution in [0, 0.1) is 0 Å². The van der Waals surface area contributed by atoms with Gasteiger partial charge in [-0.1, -0.05) is 12.1 Å². The van der Waals surface area contributed by atoms with Gasteiger partial charge in [0.05, 0.1) is 19.4 Å². The van der Waals surface area contributed by atoms with E-state index in [0.29, 0.717) is 26.2 Å². The van der Waals surface area contributed by atoms with E-state index in [2.05, 4.69) is 5.32 Å². The average molecular weight is 316 g/mol. The number of benzene rings is 1. The molecule has 1 aliphatic heterocycles. The van der Waals surface area contributed by atoms with Gasteiger partial charge in [-0.05, 0) is 31.2 Å². The van der Waals surface area contributed by atoms with Gasteiger partial charge in [-0.3, -0.25) is 0 Å². The Morgan fingerprint density at radius 1 is 1.26 bits per heavy atom. The van der Waals surface area contributed by atoms with Crippen LogP contribution in [-0.4, -0.2) is 36.7 Å². The minimum absolute atomic E-state index is 0.147. The number of nitrogens with one attached hydrogen (secondary N) is 1. The van der Waals surface area contributed by atoms with Crippen molar-refractivity contribution in [3.05, 3.63) is 48.4 Å². The zero-order valence-corrected chi connectivity index (χ0v) is 13.0. The highest BCUT2D eigenvalue weighted by Crippen LogP contribution is 2.30. The van der Waals surface area contributed by atoms with Gasteiger partial charge < -0.3 is 24.1 Å². The number of fused-ring (bicyclic) bond motifs is 1. The Morgan fingerprint density at radius 3 is 2.83 bits per heavy atom. The van der Waals surface area contributed by atoms with Crippen LogP contribution in [0.3, 0.4) is 0 Å². The van der Waals surface area contributed by atoms with Crippen LogP contribution < -0.4 is 14.8 Å². The summed E-state index contributed by atoms with van der Waals surface area (Å²) in [6.45, 7) is 3.79. The van der Waals surface area contributed by atoms with Crippen molar-refractivity contribution >= 4 is 6.03 Å². The lowest BCUT2D eigenvalue weighted by Crippen LogP contribution is -2.47. The molecular formula is C17H20N2O4. The Kier molecular flexibility index (Phi) is 4.71. The number of hydrogen-bond donors (Lipinski definition) is 1. The molecule has 1 aromatic carbocycles. The van der Waals surface area contributed by atoms with Crippen molar-refractivity contribution in [1.82, 2.24) is 10.2 Å². The van der Waals surface area contributed by atoms with E-state index in [9.17, 15) is 4.79 Å². The molecule has 0 unspecified atom stereocenters. The Labute approximate surface area is 135 Å². The van der Waals surface area contributed by atoms with Crippen molar-refractivity contribution in [3.8, 4) is 11.5 Å². The molecular weight excluding hydrogens is 296 g/mol. The van der Waals surface area contributed by atoms with Gasteiger partial charge in [0.2, 0.25) is 0 Å². The summed E-state index contributed by atoms with van der Waals surface area (Å²) in [5, 5.41) is 2.84. The lowest BCUT2D eigenvalue weighted by Gasteiger charge is -2.30. The van der Waals surface area contributed by atoms with Crippen molar-refractivity contribution in [2.45, 2.75) is 19.6 Å². The Morgan fingerprint density at radius 2 is 2.09 bits per heavy atom. The summed E-state index contributed by atoms with van der Waals surface area (Å²) >= 11 is 0. The fraction of sp³-hybridized carbons (Fsp3) is 0.353. The molecule has 0 saturated carbocycles. The molecule has 0 saturated heterocycles. The van der Waals surface area contributed by atoms with E-state index < -0.39 is 0 Å².